The number of hydrogen-bond acceptors (Lipinski definition) is 2. The Kier molecular flexibility index (Phi) is 3.18. The van der Waals surface area contributed by atoms with Gasteiger partial charge in [0, 0.05) is 25.3 Å². The summed E-state index contributed by atoms with van der Waals surface area (Å²) in [5, 5.41) is 0. The Hall–Kier alpha value is -2.10. The highest BCUT2D eigenvalue weighted by Gasteiger charge is 2.78. The number of hydrogen-bond donors (Lipinski definition) is 0. The van der Waals surface area contributed by atoms with Gasteiger partial charge in [0.15, 0.2) is 0 Å². The second kappa shape index (κ2) is 4.95. The van der Waals surface area contributed by atoms with Gasteiger partial charge in [-0.1, -0.05) is 31.2 Å². The van der Waals surface area contributed by atoms with E-state index >= 15 is 0 Å². The van der Waals surface area contributed by atoms with Gasteiger partial charge < -0.3 is 9.80 Å². The van der Waals surface area contributed by atoms with Gasteiger partial charge in [0.2, 0.25) is 11.8 Å². The van der Waals surface area contributed by atoms with E-state index in [4.69, 9.17) is 0 Å². The fourth-order valence-corrected chi connectivity index (χ4v) is 5.63. The summed E-state index contributed by atoms with van der Waals surface area (Å²) >= 11 is 0. The molecular weight excluding hydrogens is 300 g/mol. The van der Waals surface area contributed by atoms with Gasteiger partial charge in [-0.3, -0.25) is 9.59 Å². The fraction of sp³-hybridized carbons (Fsp3) is 0.500. The predicted octanol–water partition coefficient (Wildman–Crippen LogP) is 2.74. The highest BCUT2D eigenvalue weighted by molar-refractivity contribution is 6.12. The monoisotopic (exact) mass is 324 g/mol. The highest BCUT2D eigenvalue weighted by Crippen LogP contribution is 2.70. The molecule has 24 heavy (non-hydrogen) atoms. The van der Waals surface area contributed by atoms with E-state index in [1.54, 1.807) is 6.08 Å². The van der Waals surface area contributed by atoms with E-state index in [0.29, 0.717) is 19.5 Å². The minimum absolute atomic E-state index is 0.122. The summed E-state index contributed by atoms with van der Waals surface area (Å²) in [6, 6.07) is 8.01. The zero-order valence-corrected chi connectivity index (χ0v) is 14.4. The van der Waals surface area contributed by atoms with Crippen LogP contribution in [-0.4, -0.2) is 36.3 Å². The molecule has 1 saturated heterocycles. The van der Waals surface area contributed by atoms with E-state index < -0.39 is 10.8 Å². The van der Waals surface area contributed by atoms with Gasteiger partial charge in [-0.05, 0) is 37.3 Å². The molecule has 3 atom stereocenters. The summed E-state index contributed by atoms with van der Waals surface area (Å²) in [4.78, 5) is 30.7. The molecule has 0 N–H and O–H groups in total. The number of carbonyl (C=O) groups excluding carboxylic acids is 2. The summed E-state index contributed by atoms with van der Waals surface area (Å²) in [7, 11) is 0. The Morgan fingerprint density at radius 3 is 2.67 bits per heavy atom. The number of para-hydroxylation sites is 1. The third-order valence-electron chi connectivity index (χ3n) is 6.57. The van der Waals surface area contributed by atoms with Crippen LogP contribution in [0.4, 0.5) is 5.69 Å². The number of fused-ring (bicyclic) bond motifs is 1. The first-order chi connectivity index (χ1) is 11.6. The lowest BCUT2D eigenvalue weighted by atomic mass is 9.39. The molecule has 1 aromatic rings. The maximum atomic E-state index is 13.5. The van der Waals surface area contributed by atoms with E-state index in [0.717, 1.165) is 24.2 Å². The second-order valence-electron chi connectivity index (χ2n) is 7.21. The third kappa shape index (κ3) is 1.41. The molecule has 126 valence electrons. The van der Waals surface area contributed by atoms with E-state index in [1.165, 1.54) is 0 Å². The Balaban J connectivity index is 1.98. The van der Waals surface area contributed by atoms with Crippen LogP contribution in [0.2, 0.25) is 0 Å². The molecule has 2 aliphatic heterocycles. The molecule has 2 heterocycles. The van der Waals surface area contributed by atoms with Gasteiger partial charge in [-0.15, -0.1) is 6.58 Å². The lowest BCUT2D eigenvalue weighted by Crippen LogP contribution is -2.72. The zero-order valence-electron chi connectivity index (χ0n) is 14.4. The number of carbonyl (C=O) groups is 2. The highest BCUT2D eigenvalue weighted by atomic mass is 16.2. The van der Waals surface area contributed by atoms with Gasteiger partial charge in [0.25, 0.3) is 0 Å². The van der Waals surface area contributed by atoms with Crippen molar-refractivity contribution in [2.75, 3.05) is 24.5 Å². The predicted molar refractivity (Wildman–Crippen MR) is 93.8 cm³/mol. The molecule has 4 rings (SSSR count). The molecule has 4 heteroatoms. The van der Waals surface area contributed by atoms with E-state index in [9.17, 15) is 9.59 Å². The van der Waals surface area contributed by atoms with Crippen LogP contribution in [0.5, 0.6) is 0 Å². The van der Waals surface area contributed by atoms with Crippen LogP contribution in [0.15, 0.2) is 36.9 Å². The topological polar surface area (TPSA) is 40.6 Å². The van der Waals surface area contributed by atoms with Crippen LogP contribution in [0, 0.1) is 11.3 Å². The molecule has 0 bridgehead atoms. The fourth-order valence-electron chi connectivity index (χ4n) is 5.63. The number of amides is 2. The first-order valence-corrected chi connectivity index (χ1v) is 8.90. The van der Waals surface area contributed by atoms with Crippen molar-refractivity contribution in [3.63, 3.8) is 0 Å². The van der Waals surface area contributed by atoms with E-state index in [2.05, 4.69) is 19.6 Å². The van der Waals surface area contributed by atoms with Gasteiger partial charge in [-0.25, -0.2) is 0 Å². The maximum absolute atomic E-state index is 13.5. The lowest BCUT2D eigenvalue weighted by Gasteiger charge is -2.63. The van der Waals surface area contributed by atoms with Crippen LogP contribution in [0.25, 0.3) is 0 Å². The standard InChI is InChI=1S/C20H24N2O2/c1-4-11-21-13-14-12-19(5-2)17(23)22(6-3)16-10-8-7-9-15(16)20(14,19)18(21)24/h4,7-10,14H,1,5-6,11-13H2,2-3H3. The molecule has 3 unspecified atom stereocenters. The van der Waals surface area contributed by atoms with Crippen LogP contribution in [-0.2, 0) is 15.0 Å². The van der Waals surface area contributed by atoms with E-state index in [-0.39, 0.29) is 17.7 Å². The smallest absolute Gasteiger partial charge is 0.235 e. The largest absolute Gasteiger partial charge is 0.338 e. The normalized spacial score (nSPS) is 33.7. The number of benzene rings is 1. The Bertz CT molecular complexity index is 743. The van der Waals surface area contributed by atoms with Crippen molar-refractivity contribution in [3.05, 3.63) is 42.5 Å². The van der Waals surface area contributed by atoms with Crippen molar-refractivity contribution in [2.24, 2.45) is 11.3 Å². The first-order valence-electron chi connectivity index (χ1n) is 8.90. The summed E-state index contributed by atoms with van der Waals surface area (Å²) < 4.78 is 0. The van der Waals surface area contributed by atoms with Crippen molar-refractivity contribution in [1.29, 1.82) is 0 Å². The molecule has 1 spiro atoms. The molecule has 2 amide bonds. The summed E-state index contributed by atoms with van der Waals surface area (Å²) in [5.74, 6) is 0.488. The quantitative estimate of drug-likeness (QED) is 0.799. The molecule has 1 saturated carbocycles. The molecule has 4 nitrogen and oxygen atoms in total. The van der Waals surface area contributed by atoms with Gasteiger partial charge >= 0.3 is 0 Å². The van der Waals surface area contributed by atoms with Crippen LogP contribution >= 0.6 is 0 Å². The van der Waals surface area contributed by atoms with Crippen molar-refractivity contribution < 1.29 is 9.59 Å². The second-order valence-corrected chi connectivity index (χ2v) is 7.21. The molecular formula is C20H24N2O2. The van der Waals surface area contributed by atoms with Crippen molar-refractivity contribution in [2.45, 2.75) is 32.1 Å². The maximum Gasteiger partial charge on any atom is 0.235 e. The summed E-state index contributed by atoms with van der Waals surface area (Å²) in [6.07, 6.45) is 3.30. The third-order valence-corrected chi connectivity index (χ3v) is 6.57. The average molecular weight is 324 g/mol. The Morgan fingerprint density at radius 1 is 1.25 bits per heavy atom. The molecule has 3 aliphatic rings. The average Bonchev–Trinajstić information content (AvgIpc) is 2.78. The lowest BCUT2D eigenvalue weighted by molar-refractivity contribution is -0.161. The molecule has 1 aliphatic carbocycles. The minimum Gasteiger partial charge on any atom is -0.338 e. The minimum atomic E-state index is -0.663. The van der Waals surface area contributed by atoms with Crippen LogP contribution < -0.4 is 4.90 Å². The molecule has 2 fully saturated rings. The number of likely N-dealkylation sites (tertiary alicyclic amines) is 1. The molecule has 1 aromatic carbocycles. The Morgan fingerprint density at radius 2 is 2.00 bits per heavy atom. The van der Waals surface area contributed by atoms with Crippen molar-refractivity contribution >= 4 is 17.5 Å². The van der Waals surface area contributed by atoms with Crippen LogP contribution in [0.1, 0.15) is 32.3 Å². The summed E-state index contributed by atoms with van der Waals surface area (Å²) in [5.41, 5.74) is 0.743. The zero-order chi connectivity index (χ0) is 17.1. The molecule has 0 radical (unpaired) electrons. The summed E-state index contributed by atoms with van der Waals surface area (Å²) in [6.45, 7) is 9.79. The van der Waals surface area contributed by atoms with Crippen molar-refractivity contribution in [3.8, 4) is 0 Å². The van der Waals surface area contributed by atoms with E-state index in [1.807, 2.05) is 34.9 Å². The number of anilines is 1. The number of nitrogens with zero attached hydrogens (tertiary/aromatic N) is 2. The first kappa shape index (κ1) is 15.4. The van der Waals surface area contributed by atoms with Gasteiger partial charge in [0.1, 0.15) is 0 Å². The SMILES string of the molecule is C=CCN1CC2CC3(CC)C(=O)N(CC)c4ccccc4C23C1=O. The van der Waals surface area contributed by atoms with Gasteiger partial charge in [0.05, 0.1) is 10.8 Å². The van der Waals surface area contributed by atoms with Crippen LogP contribution in [0.3, 0.4) is 0 Å². The Labute approximate surface area is 143 Å². The molecule has 0 aromatic heterocycles. The van der Waals surface area contributed by atoms with Gasteiger partial charge in [-0.2, -0.15) is 0 Å². The van der Waals surface area contributed by atoms with Crippen molar-refractivity contribution in [1.82, 2.24) is 4.90 Å². The number of rotatable bonds is 4.